The topological polar surface area (TPSA) is 49.3 Å². The molecule has 0 aliphatic rings. The number of aryl methyl sites for hydroxylation is 1. The second-order valence-corrected chi connectivity index (χ2v) is 4.91. The maximum Gasteiger partial charge on any atom is 0.256 e. The number of nitrogens with one attached hydrogen (secondary N) is 1. The Morgan fingerprint density at radius 3 is 2.62 bits per heavy atom. The molecule has 2 aromatic carbocycles. The summed E-state index contributed by atoms with van der Waals surface area (Å²) in [6.45, 7) is 1.66. The van der Waals surface area contributed by atoms with Crippen LogP contribution in [0.5, 0.6) is 0 Å². The molecule has 1 amide bonds. The van der Waals surface area contributed by atoms with Crippen LogP contribution < -0.4 is 5.32 Å². The molecule has 2 aromatic rings. The molecule has 0 radical (unpaired) electrons. The third-order valence-corrected chi connectivity index (χ3v) is 3.08. The molecule has 0 fully saturated rings. The van der Waals surface area contributed by atoms with Crippen molar-refractivity contribution in [3.05, 3.63) is 64.2 Å². The maximum atomic E-state index is 12.4. The lowest BCUT2D eigenvalue weighted by molar-refractivity contribution is 0.102. The zero-order valence-corrected chi connectivity index (χ0v) is 12.2. The summed E-state index contributed by atoms with van der Waals surface area (Å²) in [6.07, 6.45) is 0. The highest BCUT2D eigenvalue weighted by atomic mass is 35.5. The highest BCUT2D eigenvalue weighted by Gasteiger charge is 2.11. The minimum absolute atomic E-state index is 0.244. The lowest BCUT2D eigenvalue weighted by Gasteiger charge is -2.08. The van der Waals surface area contributed by atoms with Gasteiger partial charge in [0, 0.05) is 16.3 Å². The average Bonchev–Trinajstić information content (AvgIpc) is 2.48. The Bertz CT molecular complexity index is 712. The zero-order chi connectivity index (χ0) is 15.2. The second kappa shape index (κ2) is 6.94. The molecule has 0 saturated heterocycles. The van der Waals surface area contributed by atoms with E-state index >= 15 is 0 Å². The van der Waals surface area contributed by atoms with E-state index in [1.807, 2.05) is 13.0 Å². The van der Waals surface area contributed by atoms with Gasteiger partial charge in [0.25, 0.3) is 5.91 Å². The van der Waals surface area contributed by atoms with E-state index in [2.05, 4.69) is 17.2 Å². The fraction of sp³-hybridized carbons (Fsp3) is 0.118. The molecule has 0 unspecified atom stereocenters. The molecule has 0 aliphatic heterocycles. The van der Waals surface area contributed by atoms with Crippen LogP contribution >= 0.6 is 11.6 Å². The molecule has 4 heteroatoms. The number of carbonyl (C=O) groups excluding carboxylic acids is 1. The molecule has 2 rings (SSSR count). The predicted octanol–water partition coefficient (Wildman–Crippen LogP) is 3.24. The van der Waals surface area contributed by atoms with Crippen LogP contribution in [-0.4, -0.2) is 17.6 Å². The Kier molecular flexibility index (Phi) is 4.99. The highest BCUT2D eigenvalue weighted by Crippen LogP contribution is 2.16. The van der Waals surface area contributed by atoms with Crippen LogP contribution in [-0.2, 0) is 0 Å². The Hall–Kier alpha value is -2.28. The Morgan fingerprint density at radius 2 is 1.95 bits per heavy atom. The minimum Gasteiger partial charge on any atom is -0.384 e. The monoisotopic (exact) mass is 299 g/mol. The van der Waals surface area contributed by atoms with Crippen molar-refractivity contribution in [3.8, 4) is 11.8 Å². The summed E-state index contributed by atoms with van der Waals surface area (Å²) in [4.78, 5) is 12.4. The molecule has 0 spiro atoms. The van der Waals surface area contributed by atoms with Crippen LogP contribution in [0.3, 0.4) is 0 Å². The van der Waals surface area contributed by atoms with Gasteiger partial charge in [0.1, 0.15) is 6.61 Å². The fourth-order valence-electron chi connectivity index (χ4n) is 1.82. The summed E-state index contributed by atoms with van der Waals surface area (Å²) >= 11 is 5.81. The van der Waals surface area contributed by atoms with Gasteiger partial charge in [0.2, 0.25) is 0 Å². The third kappa shape index (κ3) is 4.09. The Morgan fingerprint density at radius 1 is 1.24 bits per heavy atom. The largest absolute Gasteiger partial charge is 0.384 e. The summed E-state index contributed by atoms with van der Waals surface area (Å²) in [7, 11) is 0. The lowest BCUT2D eigenvalue weighted by Crippen LogP contribution is -2.13. The van der Waals surface area contributed by atoms with Crippen molar-refractivity contribution in [3.63, 3.8) is 0 Å². The summed E-state index contributed by atoms with van der Waals surface area (Å²) in [5, 5.41) is 12.2. The first-order valence-electron chi connectivity index (χ1n) is 6.37. The number of aliphatic hydroxyl groups excluding tert-OH is 1. The highest BCUT2D eigenvalue weighted by molar-refractivity contribution is 6.30. The van der Waals surface area contributed by atoms with E-state index in [4.69, 9.17) is 16.7 Å². The lowest BCUT2D eigenvalue weighted by atomic mass is 10.0. The molecule has 0 atom stereocenters. The summed E-state index contributed by atoms with van der Waals surface area (Å²) in [5.41, 5.74) is 2.68. The summed E-state index contributed by atoms with van der Waals surface area (Å²) < 4.78 is 0. The first kappa shape index (κ1) is 15.1. The molecule has 0 bridgehead atoms. The minimum atomic E-state index is -0.247. The van der Waals surface area contributed by atoms with Crippen LogP contribution in [0.2, 0.25) is 5.02 Å². The van der Waals surface area contributed by atoms with Crippen LogP contribution in [0.25, 0.3) is 0 Å². The smallest absolute Gasteiger partial charge is 0.256 e. The van der Waals surface area contributed by atoms with Gasteiger partial charge in [-0.3, -0.25) is 4.79 Å². The maximum absolute atomic E-state index is 12.4. The predicted molar refractivity (Wildman–Crippen MR) is 84.5 cm³/mol. The van der Waals surface area contributed by atoms with Gasteiger partial charge in [0.15, 0.2) is 0 Å². The van der Waals surface area contributed by atoms with Gasteiger partial charge in [-0.15, -0.1) is 0 Å². The van der Waals surface area contributed by atoms with Gasteiger partial charge in [-0.1, -0.05) is 35.1 Å². The van der Waals surface area contributed by atoms with E-state index in [0.717, 1.165) is 5.56 Å². The van der Waals surface area contributed by atoms with Crippen LogP contribution in [0.1, 0.15) is 21.5 Å². The molecule has 21 heavy (non-hydrogen) atoms. The number of anilines is 1. The summed E-state index contributed by atoms with van der Waals surface area (Å²) in [5.74, 6) is 5.10. The molecule has 3 nitrogen and oxygen atoms in total. The second-order valence-electron chi connectivity index (χ2n) is 4.47. The van der Waals surface area contributed by atoms with E-state index in [1.165, 1.54) is 0 Å². The quantitative estimate of drug-likeness (QED) is 0.836. The van der Waals surface area contributed by atoms with Crippen molar-refractivity contribution in [1.82, 2.24) is 0 Å². The van der Waals surface area contributed by atoms with Crippen LogP contribution in [0.15, 0.2) is 42.5 Å². The number of hydrogen-bond donors (Lipinski definition) is 2. The van der Waals surface area contributed by atoms with Crippen molar-refractivity contribution in [2.45, 2.75) is 6.92 Å². The van der Waals surface area contributed by atoms with E-state index in [-0.39, 0.29) is 12.5 Å². The first-order chi connectivity index (χ1) is 10.1. The van der Waals surface area contributed by atoms with E-state index in [0.29, 0.717) is 21.8 Å². The van der Waals surface area contributed by atoms with Crippen molar-refractivity contribution in [1.29, 1.82) is 0 Å². The molecule has 0 saturated carbocycles. The van der Waals surface area contributed by atoms with Crippen molar-refractivity contribution in [2.75, 3.05) is 11.9 Å². The van der Waals surface area contributed by atoms with Gasteiger partial charge in [-0.25, -0.2) is 0 Å². The molecule has 0 heterocycles. The number of benzene rings is 2. The normalized spacial score (nSPS) is 9.67. The molecular weight excluding hydrogens is 286 g/mol. The number of carbonyl (C=O) groups is 1. The molecule has 106 valence electrons. The van der Waals surface area contributed by atoms with Gasteiger partial charge in [0.05, 0.1) is 5.56 Å². The third-order valence-electron chi connectivity index (χ3n) is 2.82. The van der Waals surface area contributed by atoms with Crippen LogP contribution in [0, 0.1) is 18.8 Å². The van der Waals surface area contributed by atoms with Crippen molar-refractivity contribution >= 4 is 23.2 Å². The zero-order valence-electron chi connectivity index (χ0n) is 11.5. The average molecular weight is 300 g/mol. The van der Waals surface area contributed by atoms with Gasteiger partial charge in [-0.2, -0.15) is 0 Å². The SMILES string of the molecule is Cc1ccc(C#CCO)c(C(=O)Nc2ccc(Cl)cc2)c1. The molecular formula is C17H14ClNO2. The molecule has 0 aromatic heterocycles. The van der Waals surface area contributed by atoms with E-state index < -0.39 is 0 Å². The number of rotatable bonds is 2. The van der Waals surface area contributed by atoms with Crippen LogP contribution in [0.4, 0.5) is 5.69 Å². The first-order valence-corrected chi connectivity index (χ1v) is 6.75. The number of amides is 1. The van der Waals surface area contributed by atoms with E-state index in [9.17, 15) is 4.79 Å². The van der Waals surface area contributed by atoms with Gasteiger partial charge in [-0.05, 0) is 43.3 Å². The van der Waals surface area contributed by atoms with Crippen molar-refractivity contribution < 1.29 is 9.90 Å². The standard InChI is InChI=1S/C17H14ClNO2/c1-12-4-5-13(3-2-10-20)16(11-12)17(21)19-15-8-6-14(18)7-9-15/h4-9,11,20H,10H2,1H3,(H,19,21). The summed E-state index contributed by atoms with van der Waals surface area (Å²) in [6, 6.07) is 12.3. The van der Waals surface area contributed by atoms with Gasteiger partial charge < -0.3 is 10.4 Å². The molecule has 2 N–H and O–H groups in total. The number of halogens is 1. The Balaban J connectivity index is 2.29. The fourth-order valence-corrected chi connectivity index (χ4v) is 1.95. The Labute approximate surface area is 128 Å². The number of hydrogen-bond acceptors (Lipinski definition) is 2. The van der Waals surface area contributed by atoms with Crippen molar-refractivity contribution in [2.24, 2.45) is 0 Å². The number of aliphatic hydroxyl groups is 1. The van der Waals surface area contributed by atoms with Gasteiger partial charge >= 0.3 is 0 Å². The molecule has 0 aliphatic carbocycles. The van der Waals surface area contributed by atoms with E-state index in [1.54, 1.807) is 36.4 Å².